The average molecular weight is 215 g/mol. The number of aliphatic hydroxyl groups excluding tert-OH is 1. The average Bonchev–Trinajstić information content (AvgIpc) is 2.95. The van der Waals surface area contributed by atoms with Crippen molar-refractivity contribution in [2.24, 2.45) is 5.41 Å². The summed E-state index contributed by atoms with van der Waals surface area (Å²) in [5.74, 6) is -1.01. The van der Waals surface area contributed by atoms with Crippen molar-refractivity contribution in [3.63, 3.8) is 0 Å². The third kappa shape index (κ3) is 4.29. The number of aliphatic carboxylic acids is 1. The molecule has 0 atom stereocenters. The molecule has 5 heteroatoms. The fraction of sp³-hybridized carbons (Fsp3) is 0.800. The number of amides is 1. The van der Waals surface area contributed by atoms with Gasteiger partial charge in [0.05, 0.1) is 6.61 Å². The van der Waals surface area contributed by atoms with E-state index in [0.717, 1.165) is 12.8 Å². The molecular formula is C10H17NO4. The van der Waals surface area contributed by atoms with Crippen LogP contribution < -0.4 is 5.32 Å². The number of carbonyl (C=O) groups is 2. The van der Waals surface area contributed by atoms with Crippen molar-refractivity contribution in [3.8, 4) is 0 Å². The van der Waals surface area contributed by atoms with Gasteiger partial charge in [0.2, 0.25) is 5.91 Å². The van der Waals surface area contributed by atoms with E-state index in [2.05, 4.69) is 5.32 Å². The van der Waals surface area contributed by atoms with E-state index in [-0.39, 0.29) is 30.8 Å². The van der Waals surface area contributed by atoms with E-state index in [9.17, 15) is 9.59 Å². The smallest absolute Gasteiger partial charge is 0.303 e. The summed E-state index contributed by atoms with van der Waals surface area (Å²) in [5, 5.41) is 20.1. The number of carbonyl (C=O) groups excluding carboxylic acids is 1. The van der Waals surface area contributed by atoms with Crippen molar-refractivity contribution in [1.82, 2.24) is 5.32 Å². The maximum atomic E-state index is 11.2. The molecule has 0 radical (unpaired) electrons. The highest BCUT2D eigenvalue weighted by Crippen LogP contribution is 2.44. The third-order valence-electron chi connectivity index (χ3n) is 2.75. The van der Waals surface area contributed by atoms with Gasteiger partial charge in [0.15, 0.2) is 0 Å². The molecule has 0 bridgehead atoms. The topological polar surface area (TPSA) is 86.6 Å². The van der Waals surface area contributed by atoms with E-state index >= 15 is 0 Å². The van der Waals surface area contributed by atoms with Crippen LogP contribution in [0.25, 0.3) is 0 Å². The van der Waals surface area contributed by atoms with Crippen molar-refractivity contribution in [1.29, 1.82) is 0 Å². The second-order valence-corrected chi connectivity index (χ2v) is 4.18. The largest absolute Gasteiger partial charge is 0.481 e. The summed E-state index contributed by atoms with van der Waals surface area (Å²) in [6.07, 6.45) is 2.55. The van der Waals surface area contributed by atoms with E-state index in [1.54, 1.807) is 0 Å². The molecule has 1 aliphatic rings. The number of nitrogens with one attached hydrogen (secondary N) is 1. The van der Waals surface area contributed by atoms with E-state index in [1.165, 1.54) is 0 Å². The highest BCUT2D eigenvalue weighted by molar-refractivity contribution is 5.76. The molecule has 1 rings (SSSR count). The molecule has 0 aliphatic heterocycles. The maximum Gasteiger partial charge on any atom is 0.303 e. The minimum absolute atomic E-state index is 0.0264. The molecule has 0 aromatic rings. The first-order valence-corrected chi connectivity index (χ1v) is 5.17. The van der Waals surface area contributed by atoms with Crippen LogP contribution in [0.3, 0.4) is 0 Å². The summed E-state index contributed by atoms with van der Waals surface area (Å²) < 4.78 is 0. The Morgan fingerprint density at radius 1 is 1.27 bits per heavy atom. The fourth-order valence-electron chi connectivity index (χ4n) is 1.34. The number of hydrogen-bond acceptors (Lipinski definition) is 3. The summed E-state index contributed by atoms with van der Waals surface area (Å²) in [6.45, 7) is 0.623. The normalized spacial score (nSPS) is 17.1. The fourth-order valence-corrected chi connectivity index (χ4v) is 1.34. The molecule has 1 amide bonds. The van der Waals surface area contributed by atoms with Gasteiger partial charge in [-0.2, -0.15) is 0 Å². The summed E-state index contributed by atoms with van der Waals surface area (Å²) in [5.41, 5.74) is -0.0809. The Hall–Kier alpha value is -1.10. The van der Waals surface area contributed by atoms with E-state index in [1.807, 2.05) is 0 Å². The predicted octanol–water partition coefficient (Wildman–Crippen LogP) is 0.130. The zero-order chi connectivity index (χ0) is 11.3. The Labute approximate surface area is 88.5 Å². The highest BCUT2D eigenvalue weighted by atomic mass is 16.4. The summed E-state index contributed by atoms with van der Waals surface area (Å²) in [6, 6.07) is 0. The lowest BCUT2D eigenvalue weighted by molar-refractivity contribution is -0.137. The van der Waals surface area contributed by atoms with Gasteiger partial charge in [-0.25, -0.2) is 0 Å². The lowest BCUT2D eigenvalue weighted by Gasteiger charge is -2.12. The molecular weight excluding hydrogens is 198 g/mol. The van der Waals surface area contributed by atoms with Gasteiger partial charge in [-0.3, -0.25) is 9.59 Å². The second-order valence-electron chi connectivity index (χ2n) is 4.18. The van der Waals surface area contributed by atoms with Crippen LogP contribution in [0.1, 0.15) is 32.1 Å². The number of aliphatic hydroxyl groups is 1. The highest BCUT2D eigenvalue weighted by Gasteiger charge is 2.41. The lowest BCUT2D eigenvalue weighted by atomic mass is 10.1. The van der Waals surface area contributed by atoms with E-state index in [4.69, 9.17) is 10.2 Å². The molecule has 3 N–H and O–H groups in total. The van der Waals surface area contributed by atoms with Crippen LogP contribution in [0.4, 0.5) is 0 Å². The number of rotatable bonds is 7. The van der Waals surface area contributed by atoms with Crippen LogP contribution in [-0.2, 0) is 9.59 Å². The minimum Gasteiger partial charge on any atom is -0.481 e. The van der Waals surface area contributed by atoms with Crippen LogP contribution >= 0.6 is 0 Å². The zero-order valence-corrected chi connectivity index (χ0v) is 8.66. The van der Waals surface area contributed by atoms with Gasteiger partial charge in [0.1, 0.15) is 0 Å². The minimum atomic E-state index is -0.878. The summed E-state index contributed by atoms with van der Waals surface area (Å²) >= 11 is 0. The van der Waals surface area contributed by atoms with Crippen LogP contribution in [0.2, 0.25) is 0 Å². The molecule has 1 saturated carbocycles. The van der Waals surface area contributed by atoms with Gasteiger partial charge in [-0.15, -0.1) is 0 Å². The zero-order valence-electron chi connectivity index (χ0n) is 8.66. The second kappa shape index (κ2) is 5.11. The quantitative estimate of drug-likeness (QED) is 0.563. The molecule has 0 aromatic heterocycles. The molecule has 0 saturated heterocycles. The molecule has 15 heavy (non-hydrogen) atoms. The first kappa shape index (κ1) is 12.0. The third-order valence-corrected chi connectivity index (χ3v) is 2.75. The Morgan fingerprint density at radius 3 is 2.40 bits per heavy atom. The van der Waals surface area contributed by atoms with Gasteiger partial charge in [-0.1, -0.05) is 0 Å². The standard InChI is InChI=1S/C10H17NO4/c12-7-10(4-5-10)6-11-8(13)2-1-3-9(14)15/h12H,1-7H2,(H,11,13)(H,14,15). The van der Waals surface area contributed by atoms with Gasteiger partial charge in [-0.05, 0) is 19.3 Å². The molecule has 0 heterocycles. The van der Waals surface area contributed by atoms with Crippen molar-refractivity contribution in [2.45, 2.75) is 32.1 Å². The Kier molecular flexibility index (Phi) is 4.08. The number of carboxylic acid groups (broad SMARTS) is 1. The summed E-state index contributed by atoms with van der Waals surface area (Å²) in [4.78, 5) is 21.4. The maximum absolute atomic E-state index is 11.2. The van der Waals surface area contributed by atoms with Crippen molar-refractivity contribution in [3.05, 3.63) is 0 Å². The molecule has 1 fully saturated rings. The Bertz CT molecular complexity index is 248. The van der Waals surface area contributed by atoms with E-state index < -0.39 is 5.97 Å². The van der Waals surface area contributed by atoms with Gasteiger partial charge >= 0.3 is 5.97 Å². The van der Waals surface area contributed by atoms with Crippen molar-refractivity contribution < 1.29 is 19.8 Å². The van der Waals surface area contributed by atoms with Gasteiger partial charge in [0.25, 0.3) is 0 Å². The van der Waals surface area contributed by atoms with Crippen molar-refractivity contribution in [2.75, 3.05) is 13.2 Å². The van der Waals surface area contributed by atoms with Crippen LogP contribution in [0.15, 0.2) is 0 Å². The number of hydrogen-bond donors (Lipinski definition) is 3. The lowest BCUT2D eigenvalue weighted by Crippen LogP contribution is -2.31. The first-order chi connectivity index (χ1) is 7.08. The van der Waals surface area contributed by atoms with Crippen LogP contribution in [0.5, 0.6) is 0 Å². The van der Waals surface area contributed by atoms with E-state index in [0.29, 0.717) is 13.0 Å². The molecule has 86 valence electrons. The molecule has 5 nitrogen and oxygen atoms in total. The Balaban J connectivity index is 2.06. The van der Waals surface area contributed by atoms with Crippen LogP contribution in [0, 0.1) is 5.41 Å². The monoisotopic (exact) mass is 215 g/mol. The molecule has 0 aromatic carbocycles. The molecule has 1 aliphatic carbocycles. The van der Waals surface area contributed by atoms with Gasteiger partial charge < -0.3 is 15.5 Å². The predicted molar refractivity (Wildman–Crippen MR) is 53.2 cm³/mol. The summed E-state index contributed by atoms with van der Waals surface area (Å²) in [7, 11) is 0. The SMILES string of the molecule is O=C(O)CCCC(=O)NCC1(CO)CC1. The molecule has 0 spiro atoms. The van der Waals surface area contributed by atoms with Crippen molar-refractivity contribution >= 4 is 11.9 Å². The molecule has 0 unspecified atom stereocenters. The Morgan fingerprint density at radius 2 is 1.93 bits per heavy atom. The van der Waals surface area contributed by atoms with Crippen LogP contribution in [-0.4, -0.2) is 35.2 Å². The first-order valence-electron chi connectivity index (χ1n) is 5.17. The van der Waals surface area contributed by atoms with Gasteiger partial charge in [0, 0.05) is 24.8 Å². The number of carboxylic acids is 1.